The number of aromatic amines is 1. The third-order valence-corrected chi connectivity index (χ3v) is 1.34. The summed E-state index contributed by atoms with van der Waals surface area (Å²) in [6.07, 6.45) is 1.42. The smallest absolute Gasteiger partial charge is 0.317 e. The second-order valence-corrected chi connectivity index (χ2v) is 2.15. The van der Waals surface area contributed by atoms with Crippen LogP contribution in [-0.2, 0) is 14.5 Å². The molecule has 1 fully saturated rings. The lowest BCUT2D eigenvalue weighted by molar-refractivity contribution is -0.0108. The molecule has 1 aromatic rings. The standard InChI is InChI=1S/C5H7N3O3/c1-3(9-5-10-11-5)4-2-6-8-7-4/h2-3,5H,1H3,(H,6,7,8). The summed E-state index contributed by atoms with van der Waals surface area (Å²) in [6.45, 7) is 1.31. The van der Waals surface area contributed by atoms with Gasteiger partial charge in [-0.25, -0.2) is 0 Å². The summed E-state index contributed by atoms with van der Waals surface area (Å²) in [6, 6.07) is 0. The van der Waals surface area contributed by atoms with Crippen LogP contribution in [0.15, 0.2) is 6.20 Å². The van der Waals surface area contributed by atoms with Crippen LogP contribution < -0.4 is 0 Å². The van der Waals surface area contributed by atoms with Crippen LogP contribution in [0.4, 0.5) is 0 Å². The third-order valence-electron chi connectivity index (χ3n) is 1.34. The van der Waals surface area contributed by atoms with E-state index in [0.717, 1.165) is 5.69 Å². The molecule has 1 atom stereocenters. The first kappa shape index (κ1) is 6.71. The number of ether oxygens (including phenoxy) is 1. The van der Waals surface area contributed by atoms with Gasteiger partial charge in [0.2, 0.25) is 0 Å². The molecule has 1 saturated heterocycles. The summed E-state index contributed by atoms with van der Waals surface area (Å²) in [5, 5.41) is 9.94. The Morgan fingerprint density at radius 1 is 1.73 bits per heavy atom. The highest BCUT2D eigenvalue weighted by Gasteiger charge is 2.30. The fourth-order valence-electron chi connectivity index (χ4n) is 0.711. The number of rotatable bonds is 3. The molecule has 6 nitrogen and oxygen atoms in total. The van der Waals surface area contributed by atoms with E-state index in [-0.39, 0.29) is 6.10 Å². The van der Waals surface area contributed by atoms with Gasteiger partial charge in [0.1, 0.15) is 11.8 Å². The van der Waals surface area contributed by atoms with E-state index in [2.05, 4.69) is 25.2 Å². The zero-order chi connectivity index (χ0) is 7.68. The van der Waals surface area contributed by atoms with Crippen LogP contribution in [0.5, 0.6) is 0 Å². The number of nitrogens with zero attached hydrogens (tertiary/aromatic N) is 2. The monoisotopic (exact) mass is 157 g/mol. The molecule has 0 aromatic carbocycles. The van der Waals surface area contributed by atoms with Gasteiger partial charge in [-0.3, -0.25) is 0 Å². The van der Waals surface area contributed by atoms with E-state index >= 15 is 0 Å². The Bertz CT molecular complexity index is 221. The minimum absolute atomic E-state index is 0.166. The summed E-state index contributed by atoms with van der Waals surface area (Å²) in [5.74, 6) is 0. The van der Waals surface area contributed by atoms with E-state index in [1.807, 2.05) is 6.92 Å². The topological polar surface area (TPSA) is 75.9 Å². The molecule has 1 aliphatic rings. The van der Waals surface area contributed by atoms with Crippen LogP contribution in [0.2, 0.25) is 0 Å². The number of nitrogens with one attached hydrogen (secondary N) is 1. The fourth-order valence-corrected chi connectivity index (χ4v) is 0.711. The van der Waals surface area contributed by atoms with E-state index in [1.165, 1.54) is 0 Å². The van der Waals surface area contributed by atoms with Crippen molar-refractivity contribution in [1.29, 1.82) is 0 Å². The highest BCUT2D eigenvalue weighted by atomic mass is 17.4. The van der Waals surface area contributed by atoms with Crippen molar-refractivity contribution >= 4 is 0 Å². The normalized spacial score (nSPS) is 20.1. The summed E-state index contributed by atoms with van der Waals surface area (Å²) in [5.41, 5.74) is 0.726. The van der Waals surface area contributed by atoms with Crippen molar-refractivity contribution in [3.05, 3.63) is 11.9 Å². The van der Waals surface area contributed by atoms with E-state index < -0.39 is 6.48 Å². The van der Waals surface area contributed by atoms with E-state index in [1.54, 1.807) is 6.20 Å². The molecule has 11 heavy (non-hydrogen) atoms. The van der Waals surface area contributed by atoms with Gasteiger partial charge in [-0.15, -0.1) is 0 Å². The Morgan fingerprint density at radius 2 is 2.55 bits per heavy atom. The molecule has 60 valence electrons. The van der Waals surface area contributed by atoms with Crippen LogP contribution in [0.25, 0.3) is 0 Å². The average molecular weight is 157 g/mol. The van der Waals surface area contributed by atoms with Crippen LogP contribution in [0.3, 0.4) is 0 Å². The molecule has 2 rings (SSSR count). The Hall–Kier alpha value is -0.980. The molecule has 1 aliphatic heterocycles. The first-order chi connectivity index (χ1) is 5.36. The molecular formula is C5H7N3O3. The van der Waals surface area contributed by atoms with Crippen LogP contribution in [0, 0.1) is 0 Å². The minimum atomic E-state index is -0.526. The molecule has 1 N–H and O–H groups in total. The zero-order valence-electron chi connectivity index (χ0n) is 5.85. The lowest BCUT2D eigenvalue weighted by atomic mass is 10.3. The largest absolute Gasteiger partial charge is 0.330 e. The van der Waals surface area contributed by atoms with Crippen molar-refractivity contribution < 1.29 is 14.5 Å². The highest BCUT2D eigenvalue weighted by Crippen LogP contribution is 2.22. The van der Waals surface area contributed by atoms with Gasteiger partial charge in [-0.2, -0.15) is 25.2 Å². The van der Waals surface area contributed by atoms with E-state index in [4.69, 9.17) is 4.74 Å². The van der Waals surface area contributed by atoms with Crippen molar-refractivity contribution in [2.24, 2.45) is 0 Å². The molecular weight excluding hydrogens is 150 g/mol. The number of H-pyrrole nitrogens is 1. The summed E-state index contributed by atoms with van der Waals surface area (Å²) in [4.78, 5) is 8.79. The van der Waals surface area contributed by atoms with E-state index in [0.29, 0.717) is 0 Å². The highest BCUT2D eigenvalue weighted by molar-refractivity contribution is 4.94. The first-order valence-electron chi connectivity index (χ1n) is 3.19. The lowest BCUT2D eigenvalue weighted by Crippen LogP contribution is -2.02. The van der Waals surface area contributed by atoms with Gasteiger partial charge in [-0.1, -0.05) is 0 Å². The Labute approximate surface area is 62.4 Å². The Balaban J connectivity index is 1.93. The van der Waals surface area contributed by atoms with Crippen molar-refractivity contribution in [3.63, 3.8) is 0 Å². The maximum atomic E-state index is 5.14. The average Bonchev–Trinajstić information content (AvgIpc) is 2.67. The number of hydrogen-bond acceptors (Lipinski definition) is 5. The van der Waals surface area contributed by atoms with Crippen molar-refractivity contribution in [2.75, 3.05) is 0 Å². The van der Waals surface area contributed by atoms with Gasteiger partial charge >= 0.3 is 6.48 Å². The molecule has 0 aliphatic carbocycles. The predicted molar refractivity (Wildman–Crippen MR) is 31.8 cm³/mol. The van der Waals surface area contributed by atoms with Gasteiger partial charge in [0.25, 0.3) is 0 Å². The summed E-state index contributed by atoms with van der Waals surface area (Å²) >= 11 is 0. The Morgan fingerprint density at radius 3 is 3.09 bits per heavy atom. The van der Waals surface area contributed by atoms with E-state index in [9.17, 15) is 0 Å². The molecule has 0 bridgehead atoms. The Kier molecular flexibility index (Phi) is 1.57. The quantitative estimate of drug-likeness (QED) is 0.498. The van der Waals surface area contributed by atoms with Gasteiger partial charge < -0.3 is 4.74 Å². The zero-order valence-corrected chi connectivity index (χ0v) is 5.85. The van der Waals surface area contributed by atoms with Crippen LogP contribution in [-0.4, -0.2) is 21.9 Å². The SMILES string of the molecule is CC(OC1OO1)c1cn[nH]n1. The first-order valence-corrected chi connectivity index (χ1v) is 3.19. The number of hydrogen-bond donors (Lipinski definition) is 1. The van der Waals surface area contributed by atoms with Gasteiger partial charge in [0, 0.05) is 0 Å². The lowest BCUT2D eigenvalue weighted by Gasteiger charge is -2.03. The van der Waals surface area contributed by atoms with Crippen molar-refractivity contribution in [1.82, 2.24) is 15.4 Å². The van der Waals surface area contributed by atoms with Gasteiger partial charge in [0.05, 0.1) is 6.20 Å². The maximum absolute atomic E-state index is 5.14. The van der Waals surface area contributed by atoms with Gasteiger partial charge in [-0.05, 0) is 6.92 Å². The molecule has 0 radical (unpaired) electrons. The molecule has 0 spiro atoms. The molecule has 1 unspecified atom stereocenters. The fraction of sp³-hybridized carbons (Fsp3) is 0.600. The van der Waals surface area contributed by atoms with Crippen LogP contribution >= 0.6 is 0 Å². The molecule has 0 amide bonds. The van der Waals surface area contributed by atoms with Crippen molar-refractivity contribution in [3.8, 4) is 0 Å². The third kappa shape index (κ3) is 1.53. The minimum Gasteiger partial charge on any atom is -0.317 e. The van der Waals surface area contributed by atoms with Crippen molar-refractivity contribution in [2.45, 2.75) is 19.5 Å². The molecule has 6 heteroatoms. The van der Waals surface area contributed by atoms with Crippen LogP contribution in [0.1, 0.15) is 18.7 Å². The second kappa shape index (κ2) is 2.57. The maximum Gasteiger partial charge on any atom is 0.330 e. The molecule has 2 heterocycles. The van der Waals surface area contributed by atoms with Gasteiger partial charge in [0.15, 0.2) is 0 Å². The molecule has 0 saturated carbocycles. The summed E-state index contributed by atoms with van der Waals surface area (Å²) in [7, 11) is 0. The molecule has 1 aromatic heterocycles. The second-order valence-electron chi connectivity index (χ2n) is 2.15. The number of aromatic nitrogens is 3. The summed E-state index contributed by atoms with van der Waals surface area (Å²) < 4.78 is 5.14. The predicted octanol–water partition coefficient (Wildman–Crippen LogP) is 0.128.